The number of nitrogens with one attached hydrogen (secondary N) is 2. The molecule has 1 amide bonds. The van der Waals surface area contributed by atoms with Gasteiger partial charge in [-0.1, -0.05) is 17.7 Å². The molecule has 154 valence electrons. The lowest BCUT2D eigenvalue weighted by Gasteiger charge is -2.11. The molecule has 0 bridgehead atoms. The van der Waals surface area contributed by atoms with Gasteiger partial charge in [-0.3, -0.25) is 19.6 Å². The van der Waals surface area contributed by atoms with Crippen LogP contribution < -0.4 is 10.0 Å². The zero-order chi connectivity index (χ0) is 21.9. The second-order valence-corrected chi connectivity index (χ2v) is 8.13. The van der Waals surface area contributed by atoms with E-state index in [0.29, 0.717) is 5.02 Å². The molecule has 0 spiro atoms. The Bertz CT molecular complexity index is 1230. The van der Waals surface area contributed by atoms with Crippen LogP contribution in [0, 0.1) is 15.9 Å². The van der Waals surface area contributed by atoms with E-state index in [4.69, 9.17) is 11.6 Å². The van der Waals surface area contributed by atoms with Gasteiger partial charge in [0.1, 0.15) is 5.82 Å². The third-order valence-corrected chi connectivity index (χ3v) is 5.55. The number of rotatable bonds is 6. The normalized spacial score (nSPS) is 11.0. The summed E-state index contributed by atoms with van der Waals surface area (Å²) in [6.45, 7) is 0. The summed E-state index contributed by atoms with van der Waals surface area (Å²) >= 11 is 5.76. The van der Waals surface area contributed by atoms with Crippen LogP contribution in [0.1, 0.15) is 10.4 Å². The van der Waals surface area contributed by atoms with Crippen LogP contribution in [0.2, 0.25) is 5.02 Å². The van der Waals surface area contributed by atoms with Crippen molar-refractivity contribution in [2.45, 2.75) is 4.90 Å². The Balaban J connectivity index is 1.79. The van der Waals surface area contributed by atoms with E-state index in [1.165, 1.54) is 42.5 Å². The number of nitrogens with zero attached hydrogens (tertiary/aromatic N) is 1. The summed E-state index contributed by atoms with van der Waals surface area (Å²) in [5.74, 6) is -1.57. The van der Waals surface area contributed by atoms with Gasteiger partial charge in [0.05, 0.1) is 21.2 Å². The van der Waals surface area contributed by atoms with Gasteiger partial charge in [-0.25, -0.2) is 12.8 Å². The zero-order valence-corrected chi connectivity index (χ0v) is 16.6. The molecule has 0 aliphatic rings. The molecule has 0 radical (unpaired) electrons. The maximum Gasteiger partial charge on any atom is 0.271 e. The van der Waals surface area contributed by atoms with Crippen LogP contribution in [-0.2, 0) is 10.0 Å². The number of carbonyl (C=O) groups excluding carboxylic acids is 1. The first-order chi connectivity index (χ1) is 14.2. The number of benzene rings is 3. The van der Waals surface area contributed by atoms with Crippen molar-refractivity contribution in [3.63, 3.8) is 0 Å². The van der Waals surface area contributed by atoms with E-state index < -0.39 is 31.6 Å². The number of carbonyl (C=O) groups is 1. The van der Waals surface area contributed by atoms with Crippen LogP contribution >= 0.6 is 11.6 Å². The summed E-state index contributed by atoms with van der Waals surface area (Å²) in [4.78, 5) is 21.9. The highest BCUT2D eigenvalue weighted by atomic mass is 35.5. The SMILES string of the molecule is O=C(Nc1ccc(S(=O)(=O)Nc2cccc([N+](=O)[O-])c2)cc1F)c1ccc(Cl)cc1. The summed E-state index contributed by atoms with van der Waals surface area (Å²) in [6.07, 6.45) is 0. The first kappa shape index (κ1) is 21.2. The van der Waals surface area contributed by atoms with Crippen molar-refractivity contribution in [3.8, 4) is 0 Å². The molecule has 30 heavy (non-hydrogen) atoms. The number of amides is 1. The summed E-state index contributed by atoms with van der Waals surface area (Å²) < 4.78 is 41.5. The molecule has 11 heteroatoms. The van der Waals surface area contributed by atoms with E-state index in [1.807, 2.05) is 0 Å². The molecule has 0 saturated heterocycles. The van der Waals surface area contributed by atoms with Gasteiger partial charge in [0.25, 0.3) is 21.6 Å². The Morgan fingerprint density at radius 2 is 1.73 bits per heavy atom. The molecular formula is C19H13ClFN3O5S. The molecule has 0 atom stereocenters. The predicted octanol–water partition coefficient (Wildman–Crippen LogP) is 4.44. The van der Waals surface area contributed by atoms with Gasteiger partial charge in [0.15, 0.2) is 0 Å². The minimum absolute atomic E-state index is 0.0512. The standard InChI is InChI=1S/C19H13ClFN3O5S/c20-13-6-4-12(5-7-13)19(25)22-18-9-8-16(11-17(18)21)30(28,29)23-14-2-1-3-15(10-14)24(26)27/h1-11,23H,(H,22,25). The lowest BCUT2D eigenvalue weighted by molar-refractivity contribution is -0.384. The minimum Gasteiger partial charge on any atom is -0.319 e. The highest BCUT2D eigenvalue weighted by molar-refractivity contribution is 7.92. The third-order valence-electron chi connectivity index (χ3n) is 3.91. The average Bonchev–Trinajstić information content (AvgIpc) is 2.69. The van der Waals surface area contributed by atoms with E-state index >= 15 is 0 Å². The third kappa shape index (κ3) is 4.91. The average molecular weight is 450 g/mol. The van der Waals surface area contributed by atoms with Crippen molar-refractivity contribution < 1.29 is 22.5 Å². The molecule has 0 fully saturated rings. The fourth-order valence-electron chi connectivity index (χ4n) is 2.46. The van der Waals surface area contributed by atoms with Gasteiger partial charge in [0, 0.05) is 22.7 Å². The number of hydrogen-bond acceptors (Lipinski definition) is 5. The van der Waals surface area contributed by atoms with Crippen LogP contribution in [0.3, 0.4) is 0 Å². The molecule has 3 aromatic carbocycles. The Hall–Kier alpha value is -3.50. The van der Waals surface area contributed by atoms with E-state index in [2.05, 4.69) is 10.0 Å². The fraction of sp³-hybridized carbons (Fsp3) is 0. The molecule has 0 aliphatic carbocycles. The topological polar surface area (TPSA) is 118 Å². The van der Waals surface area contributed by atoms with Crippen LogP contribution in [0.25, 0.3) is 0 Å². The molecule has 3 aromatic rings. The quantitative estimate of drug-likeness (QED) is 0.426. The molecule has 0 heterocycles. The second-order valence-electron chi connectivity index (χ2n) is 6.02. The van der Waals surface area contributed by atoms with Crippen LogP contribution in [0.4, 0.5) is 21.5 Å². The Morgan fingerprint density at radius 1 is 1.03 bits per heavy atom. The maximum atomic E-state index is 14.4. The summed E-state index contributed by atoms with van der Waals surface area (Å²) in [5, 5.41) is 13.6. The first-order valence-corrected chi connectivity index (χ1v) is 10.2. The number of halogens is 2. The lowest BCUT2D eigenvalue weighted by atomic mass is 10.2. The van der Waals surface area contributed by atoms with Gasteiger partial charge < -0.3 is 5.32 Å². The lowest BCUT2D eigenvalue weighted by Crippen LogP contribution is -2.15. The van der Waals surface area contributed by atoms with Crippen molar-refractivity contribution in [1.29, 1.82) is 0 Å². The second kappa shape index (κ2) is 8.47. The summed E-state index contributed by atoms with van der Waals surface area (Å²) in [5.41, 5.74) is -0.335. The van der Waals surface area contributed by atoms with Crippen LogP contribution in [0.15, 0.2) is 71.6 Å². The smallest absolute Gasteiger partial charge is 0.271 e. The largest absolute Gasteiger partial charge is 0.319 e. The number of hydrogen-bond donors (Lipinski definition) is 2. The highest BCUT2D eigenvalue weighted by Crippen LogP contribution is 2.24. The molecule has 0 unspecified atom stereocenters. The number of non-ortho nitro benzene ring substituents is 1. The highest BCUT2D eigenvalue weighted by Gasteiger charge is 2.19. The molecule has 3 rings (SSSR count). The van der Waals surface area contributed by atoms with Gasteiger partial charge in [-0.05, 0) is 48.5 Å². The van der Waals surface area contributed by atoms with Crippen molar-refractivity contribution >= 4 is 44.6 Å². The Labute approximate surface area is 175 Å². The number of anilines is 2. The molecular weight excluding hydrogens is 437 g/mol. The fourth-order valence-corrected chi connectivity index (χ4v) is 3.64. The van der Waals surface area contributed by atoms with Crippen molar-refractivity contribution in [2.24, 2.45) is 0 Å². The number of nitro groups is 1. The van der Waals surface area contributed by atoms with Crippen molar-refractivity contribution in [2.75, 3.05) is 10.0 Å². The summed E-state index contributed by atoms with van der Waals surface area (Å²) in [7, 11) is -4.22. The van der Waals surface area contributed by atoms with E-state index in [1.54, 1.807) is 0 Å². The Morgan fingerprint density at radius 3 is 2.37 bits per heavy atom. The monoisotopic (exact) mass is 449 g/mol. The number of nitro benzene ring substituents is 1. The van der Waals surface area contributed by atoms with Crippen LogP contribution in [0.5, 0.6) is 0 Å². The van der Waals surface area contributed by atoms with E-state index in [0.717, 1.165) is 24.3 Å². The van der Waals surface area contributed by atoms with Crippen molar-refractivity contribution in [1.82, 2.24) is 0 Å². The predicted molar refractivity (Wildman–Crippen MR) is 110 cm³/mol. The Kier molecular flexibility index (Phi) is 5.99. The molecule has 2 N–H and O–H groups in total. The molecule has 0 aliphatic heterocycles. The maximum absolute atomic E-state index is 14.4. The summed E-state index contributed by atoms with van der Waals surface area (Å²) in [6, 6.07) is 13.7. The zero-order valence-electron chi connectivity index (χ0n) is 15.0. The van der Waals surface area contributed by atoms with E-state index in [9.17, 15) is 27.7 Å². The van der Waals surface area contributed by atoms with Gasteiger partial charge in [-0.15, -0.1) is 0 Å². The molecule has 0 saturated carbocycles. The van der Waals surface area contributed by atoms with Gasteiger partial charge >= 0.3 is 0 Å². The molecule has 0 aromatic heterocycles. The van der Waals surface area contributed by atoms with Crippen LogP contribution in [-0.4, -0.2) is 19.2 Å². The number of sulfonamides is 1. The van der Waals surface area contributed by atoms with Gasteiger partial charge in [-0.2, -0.15) is 0 Å². The van der Waals surface area contributed by atoms with Gasteiger partial charge in [0.2, 0.25) is 0 Å². The molecule has 8 nitrogen and oxygen atoms in total. The van der Waals surface area contributed by atoms with Crippen molar-refractivity contribution in [3.05, 3.63) is 93.2 Å². The first-order valence-electron chi connectivity index (χ1n) is 8.29. The minimum atomic E-state index is -4.22. The van der Waals surface area contributed by atoms with E-state index in [-0.39, 0.29) is 22.6 Å².